The predicted octanol–water partition coefficient (Wildman–Crippen LogP) is 2.31. The largest absolute Gasteiger partial charge is 0.478 e. The topological polar surface area (TPSA) is 49.8 Å². The lowest BCUT2D eigenvalue weighted by Gasteiger charge is -2.18. The van der Waals surface area contributed by atoms with Crippen LogP contribution in [0.2, 0.25) is 0 Å². The van der Waals surface area contributed by atoms with Crippen molar-refractivity contribution in [2.45, 2.75) is 13.5 Å². The summed E-state index contributed by atoms with van der Waals surface area (Å²) in [5.74, 6) is -0.916. The van der Waals surface area contributed by atoms with Gasteiger partial charge in [-0.25, -0.2) is 4.79 Å². The number of thiophene rings is 1. The number of carboxylic acid groups (broad SMARTS) is 1. The molecule has 0 saturated carbocycles. The summed E-state index contributed by atoms with van der Waals surface area (Å²) in [7, 11) is 1.70. The monoisotopic (exact) mass is 269 g/mol. The van der Waals surface area contributed by atoms with Crippen LogP contribution < -0.4 is 0 Å². The normalized spacial score (nSPS) is 11.5. The molecule has 0 saturated heterocycles. The van der Waals surface area contributed by atoms with Gasteiger partial charge in [0.05, 0.1) is 6.61 Å². The summed E-state index contributed by atoms with van der Waals surface area (Å²) in [5, 5.41) is 8.56. The van der Waals surface area contributed by atoms with Gasteiger partial charge in [-0.3, -0.25) is 4.90 Å². The number of aliphatic carboxylic acids is 1. The second kappa shape index (κ2) is 8.02. The second-order valence-corrected chi connectivity index (χ2v) is 5.04. The minimum absolute atomic E-state index is 0.727. The van der Waals surface area contributed by atoms with Crippen molar-refractivity contribution in [2.24, 2.45) is 0 Å². The van der Waals surface area contributed by atoms with E-state index in [-0.39, 0.29) is 0 Å². The fraction of sp³-hybridized carbons (Fsp3) is 0.462. The smallest absolute Gasteiger partial charge is 0.328 e. The maximum Gasteiger partial charge on any atom is 0.328 e. The Kier molecular flexibility index (Phi) is 6.64. The third-order valence-corrected chi connectivity index (χ3v) is 3.55. The van der Waals surface area contributed by atoms with Crippen LogP contribution in [0.5, 0.6) is 0 Å². The third kappa shape index (κ3) is 5.44. The van der Waals surface area contributed by atoms with E-state index in [9.17, 15) is 4.79 Å². The van der Waals surface area contributed by atoms with Crippen molar-refractivity contribution in [3.05, 3.63) is 28.0 Å². The van der Waals surface area contributed by atoms with E-state index in [0.29, 0.717) is 0 Å². The number of likely N-dealkylation sites (N-methyl/N-ethyl adjacent to an activating group) is 1. The number of carbonyl (C=O) groups is 1. The predicted molar refractivity (Wildman–Crippen MR) is 73.8 cm³/mol. The van der Waals surface area contributed by atoms with E-state index in [4.69, 9.17) is 9.84 Å². The molecule has 1 N–H and O–H groups in total. The molecule has 0 spiro atoms. The number of ether oxygens (including phenoxy) is 1. The highest BCUT2D eigenvalue weighted by Crippen LogP contribution is 2.19. The molecule has 18 heavy (non-hydrogen) atoms. The lowest BCUT2D eigenvalue weighted by atomic mass is 10.3. The van der Waals surface area contributed by atoms with Crippen LogP contribution in [0.25, 0.3) is 6.08 Å². The van der Waals surface area contributed by atoms with Crippen LogP contribution in [0.1, 0.15) is 16.7 Å². The Balaban J connectivity index is 2.54. The zero-order valence-electron chi connectivity index (χ0n) is 10.8. The summed E-state index contributed by atoms with van der Waals surface area (Å²) in [6, 6.07) is 3.99. The van der Waals surface area contributed by atoms with Gasteiger partial charge in [0, 0.05) is 36.0 Å². The maximum atomic E-state index is 10.4. The first-order chi connectivity index (χ1) is 8.65. The minimum Gasteiger partial charge on any atom is -0.478 e. The number of carboxylic acids is 1. The average molecular weight is 269 g/mol. The number of methoxy groups -OCH3 is 1. The standard InChI is InChI=1S/C13H19NO3S/c1-3-14(8-9-17-2)10-12-5-4-11(18-12)6-7-13(15)16/h4-7H,3,8-10H2,1-2H3,(H,15,16). The molecule has 0 amide bonds. The number of hydrogen-bond acceptors (Lipinski definition) is 4. The van der Waals surface area contributed by atoms with Crippen LogP contribution in [0, 0.1) is 0 Å². The molecule has 1 heterocycles. The molecular formula is C13H19NO3S. The summed E-state index contributed by atoms with van der Waals surface area (Å²) in [6.45, 7) is 5.61. The average Bonchev–Trinajstić information content (AvgIpc) is 2.79. The van der Waals surface area contributed by atoms with Crippen molar-refractivity contribution >= 4 is 23.4 Å². The van der Waals surface area contributed by atoms with Gasteiger partial charge in [-0.1, -0.05) is 6.92 Å². The van der Waals surface area contributed by atoms with Gasteiger partial charge in [-0.05, 0) is 24.8 Å². The first-order valence-electron chi connectivity index (χ1n) is 5.86. The SMILES string of the molecule is CCN(CCOC)Cc1ccc(C=CC(=O)O)s1. The van der Waals surface area contributed by atoms with Crippen LogP contribution in [0.3, 0.4) is 0 Å². The molecule has 1 aromatic heterocycles. The number of nitrogens with zero attached hydrogens (tertiary/aromatic N) is 1. The van der Waals surface area contributed by atoms with Crippen molar-refractivity contribution in [3.8, 4) is 0 Å². The molecule has 5 heteroatoms. The quantitative estimate of drug-likeness (QED) is 0.736. The molecule has 0 unspecified atom stereocenters. The van der Waals surface area contributed by atoms with E-state index in [1.54, 1.807) is 24.5 Å². The van der Waals surface area contributed by atoms with E-state index in [1.165, 1.54) is 4.88 Å². The summed E-state index contributed by atoms with van der Waals surface area (Å²) >= 11 is 1.62. The Morgan fingerprint density at radius 1 is 1.56 bits per heavy atom. The third-order valence-electron chi connectivity index (χ3n) is 2.51. The fourth-order valence-electron chi connectivity index (χ4n) is 1.51. The van der Waals surface area contributed by atoms with Crippen LogP contribution in [0.15, 0.2) is 18.2 Å². The van der Waals surface area contributed by atoms with Crippen LogP contribution >= 0.6 is 11.3 Å². The van der Waals surface area contributed by atoms with Crippen LogP contribution in [-0.2, 0) is 16.1 Å². The molecule has 4 nitrogen and oxygen atoms in total. The lowest BCUT2D eigenvalue weighted by Crippen LogP contribution is -2.26. The van der Waals surface area contributed by atoms with E-state index < -0.39 is 5.97 Å². The molecule has 100 valence electrons. The molecule has 0 fully saturated rings. The van der Waals surface area contributed by atoms with E-state index in [0.717, 1.165) is 37.2 Å². The van der Waals surface area contributed by atoms with Crippen molar-refractivity contribution in [3.63, 3.8) is 0 Å². The van der Waals surface area contributed by atoms with Gasteiger partial charge in [0.25, 0.3) is 0 Å². The summed E-state index contributed by atoms with van der Waals surface area (Å²) < 4.78 is 5.07. The molecule has 0 aliphatic heterocycles. The lowest BCUT2D eigenvalue weighted by molar-refractivity contribution is -0.131. The number of hydrogen-bond donors (Lipinski definition) is 1. The van der Waals surface area contributed by atoms with Gasteiger partial charge in [0.1, 0.15) is 0 Å². The van der Waals surface area contributed by atoms with Gasteiger partial charge < -0.3 is 9.84 Å². The van der Waals surface area contributed by atoms with Crippen molar-refractivity contribution in [1.82, 2.24) is 4.90 Å². The van der Waals surface area contributed by atoms with Gasteiger partial charge in [-0.2, -0.15) is 0 Å². The molecule has 0 radical (unpaired) electrons. The Bertz CT molecular complexity index is 401. The molecule has 0 aliphatic carbocycles. The molecule has 0 atom stereocenters. The fourth-order valence-corrected chi connectivity index (χ4v) is 2.47. The number of rotatable bonds is 8. The molecule has 0 aromatic carbocycles. The van der Waals surface area contributed by atoms with E-state index >= 15 is 0 Å². The highest BCUT2D eigenvalue weighted by Gasteiger charge is 2.05. The van der Waals surface area contributed by atoms with Gasteiger partial charge in [0.15, 0.2) is 0 Å². The highest BCUT2D eigenvalue weighted by molar-refractivity contribution is 7.12. The van der Waals surface area contributed by atoms with E-state index in [1.807, 2.05) is 12.1 Å². The maximum absolute atomic E-state index is 10.4. The zero-order chi connectivity index (χ0) is 13.4. The second-order valence-electron chi connectivity index (χ2n) is 3.84. The van der Waals surface area contributed by atoms with Gasteiger partial charge >= 0.3 is 5.97 Å². The van der Waals surface area contributed by atoms with Crippen LogP contribution in [-0.4, -0.2) is 42.8 Å². The Hall–Kier alpha value is -1.17. The minimum atomic E-state index is -0.916. The Morgan fingerprint density at radius 3 is 2.94 bits per heavy atom. The summed E-state index contributed by atoms with van der Waals surface area (Å²) in [4.78, 5) is 14.9. The summed E-state index contributed by atoms with van der Waals surface area (Å²) in [5.41, 5.74) is 0. The Morgan fingerprint density at radius 2 is 2.33 bits per heavy atom. The van der Waals surface area contributed by atoms with E-state index in [2.05, 4.69) is 11.8 Å². The summed E-state index contributed by atoms with van der Waals surface area (Å²) in [6.07, 6.45) is 2.79. The molecule has 0 aliphatic rings. The van der Waals surface area contributed by atoms with Crippen molar-refractivity contribution in [1.29, 1.82) is 0 Å². The van der Waals surface area contributed by atoms with Crippen molar-refractivity contribution in [2.75, 3.05) is 26.8 Å². The molecule has 1 aromatic rings. The van der Waals surface area contributed by atoms with Gasteiger partial charge in [-0.15, -0.1) is 11.3 Å². The molecular weight excluding hydrogens is 250 g/mol. The highest BCUT2D eigenvalue weighted by atomic mass is 32.1. The first kappa shape index (κ1) is 14.9. The van der Waals surface area contributed by atoms with Gasteiger partial charge in [0.2, 0.25) is 0 Å². The Labute approximate surface area is 111 Å². The molecule has 1 rings (SSSR count). The van der Waals surface area contributed by atoms with Crippen molar-refractivity contribution < 1.29 is 14.6 Å². The van der Waals surface area contributed by atoms with Crippen LogP contribution in [0.4, 0.5) is 0 Å². The zero-order valence-corrected chi connectivity index (χ0v) is 11.6. The first-order valence-corrected chi connectivity index (χ1v) is 6.68. The molecule has 0 bridgehead atoms.